The lowest BCUT2D eigenvalue weighted by atomic mass is 9.96. The van der Waals surface area contributed by atoms with Gasteiger partial charge in [0.05, 0.1) is 30.7 Å². The van der Waals surface area contributed by atoms with Crippen molar-refractivity contribution in [2.75, 3.05) is 6.61 Å². The molecule has 4 rings (SSSR count). The third kappa shape index (κ3) is 5.35. The zero-order valence-corrected chi connectivity index (χ0v) is 18.8. The van der Waals surface area contributed by atoms with Gasteiger partial charge in [0.1, 0.15) is 6.61 Å². The van der Waals surface area contributed by atoms with Gasteiger partial charge in [-0.15, -0.1) is 0 Å². The Hall–Kier alpha value is -3.77. The number of aromatic nitrogens is 2. The summed E-state index contributed by atoms with van der Waals surface area (Å²) in [5.74, 6) is -0.311. The molecule has 3 aromatic carbocycles. The number of esters is 1. The Morgan fingerprint density at radius 2 is 1.73 bits per heavy atom. The molecule has 6 nitrogen and oxygen atoms in total. The Bertz CT molecular complexity index is 1330. The largest absolute Gasteiger partial charge is 0.461 e. The van der Waals surface area contributed by atoms with E-state index < -0.39 is 0 Å². The van der Waals surface area contributed by atoms with E-state index in [0.717, 1.165) is 33.2 Å². The summed E-state index contributed by atoms with van der Waals surface area (Å²) >= 11 is 0. The first-order chi connectivity index (χ1) is 16.0. The Kier molecular flexibility index (Phi) is 6.95. The smallest absolute Gasteiger partial charge is 0.308 e. The molecule has 0 saturated heterocycles. The van der Waals surface area contributed by atoms with Crippen molar-refractivity contribution in [2.45, 2.75) is 33.5 Å². The quantitative estimate of drug-likeness (QED) is 0.311. The Balaban J connectivity index is 1.42. The van der Waals surface area contributed by atoms with Crippen LogP contribution < -0.4 is 5.56 Å². The van der Waals surface area contributed by atoms with Gasteiger partial charge in [-0.2, -0.15) is 5.10 Å². The first-order valence-corrected chi connectivity index (χ1v) is 10.9. The summed E-state index contributed by atoms with van der Waals surface area (Å²) < 4.78 is 11.0. The normalized spacial score (nSPS) is 11.0. The fraction of sp³-hybridized carbons (Fsp3) is 0.222. The lowest BCUT2D eigenvalue weighted by Crippen LogP contribution is -2.11. The number of nitrogens with zero attached hydrogens (tertiary/aromatic N) is 1. The van der Waals surface area contributed by atoms with Crippen LogP contribution in [0.4, 0.5) is 0 Å². The minimum atomic E-state index is -0.311. The molecule has 6 heteroatoms. The second kappa shape index (κ2) is 10.2. The molecule has 1 heterocycles. The van der Waals surface area contributed by atoms with Gasteiger partial charge in [0, 0.05) is 10.9 Å². The molecule has 0 aliphatic carbocycles. The van der Waals surface area contributed by atoms with Crippen LogP contribution in [0.1, 0.15) is 28.7 Å². The molecule has 0 radical (unpaired) electrons. The zero-order valence-electron chi connectivity index (χ0n) is 18.8. The summed E-state index contributed by atoms with van der Waals surface area (Å²) in [4.78, 5) is 24.4. The molecule has 0 spiro atoms. The van der Waals surface area contributed by atoms with Gasteiger partial charge in [-0.1, -0.05) is 54.6 Å². The number of carbonyl (C=O) groups excluding carboxylic acids is 1. The van der Waals surface area contributed by atoms with E-state index in [9.17, 15) is 9.59 Å². The van der Waals surface area contributed by atoms with Crippen molar-refractivity contribution < 1.29 is 14.3 Å². The first kappa shape index (κ1) is 22.4. The van der Waals surface area contributed by atoms with Crippen LogP contribution >= 0.6 is 0 Å². The number of fused-ring (bicyclic) bond motifs is 1. The second-order valence-corrected chi connectivity index (χ2v) is 8.00. The molecule has 0 fully saturated rings. The van der Waals surface area contributed by atoms with Crippen molar-refractivity contribution in [1.29, 1.82) is 0 Å². The topological polar surface area (TPSA) is 81.3 Å². The zero-order chi connectivity index (χ0) is 23.2. The van der Waals surface area contributed by atoms with Crippen molar-refractivity contribution in [3.63, 3.8) is 0 Å². The van der Waals surface area contributed by atoms with Crippen molar-refractivity contribution in [2.24, 2.45) is 0 Å². The molecule has 1 aromatic heterocycles. The van der Waals surface area contributed by atoms with Crippen LogP contribution in [0.2, 0.25) is 0 Å². The van der Waals surface area contributed by atoms with E-state index in [1.54, 1.807) is 6.07 Å². The van der Waals surface area contributed by atoms with Gasteiger partial charge in [0.2, 0.25) is 0 Å². The van der Waals surface area contributed by atoms with Gasteiger partial charge in [0.25, 0.3) is 5.56 Å². The first-order valence-electron chi connectivity index (χ1n) is 10.9. The van der Waals surface area contributed by atoms with E-state index in [2.05, 4.69) is 10.2 Å². The molecule has 0 amide bonds. The minimum Gasteiger partial charge on any atom is -0.461 e. The third-order valence-electron chi connectivity index (χ3n) is 5.54. The number of hydrogen-bond donors (Lipinski definition) is 1. The molecule has 33 heavy (non-hydrogen) atoms. The highest BCUT2D eigenvalue weighted by Gasteiger charge is 2.14. The SMILES string of the molecule is Cc1ccc(COC(=O)CCOCc2ccccc2)cc1-c1n[nH]c(=O)c2cccc(C)c12. The summed E-state index contributed by atoms with van der Waals surface area (Å²) in [7, 11) is 0. The molecule has 0 unspecified atom stereocenters. The fourth-order valence-electron chi connectivity index (χ4n) is 3.76. The number of rotatable bonds is 8. The molecular formula is C27H26N2O4. The highest BCUT2D eigenvalue weighted by atomic mass is 16.5. The number of aryl methyl sites for hydroxylation is 2. The average Bonchev–Trinajstić information content (AvgIpc) is 2.83. The maximum atomic E-state index is 12.2. The maximum Gasteiger partial charge on any atom is 0.308 e. The van der Waals surface area contributed by atoms with E-state index in [4.69, 9.17) is 9.47 Å². The van der Waals surface area contributed by atoms with Crippen molar-refractivity contribution in [3.05, 3.63) is 99.3 Å². The predicted octanol–water partition coefficient (Wildman–Crippen LogP) is 4.86. The standard InChI is InChI=1S/C27H26N2O4/c1-18-11-12-21(17-33-24(30)13-14-32-16-20-8-4-3-5-9-20)15-23(18)26-25-19(2)7-6-10-22(25)27(31)29-28-26/h3-12,15H,13-14,16-17H2,1-2H3,(H,29,31). The van der Waals surface area contributed by atoms with Crippen molar-refractivity contribution in [1.82, 2.24) is 10.2 Å². The summed E-state index contributed by atoms with van der Waals surface area (Å²) in [5.41, 5.74) is 5.31. The number of hydrogen-bond acceptors (Lipinski definition) is 5. The molecule has 0 atom stereocenters. The summed E-state index contributed by atoms with van der Waals surface area (Å²) in [6.07, 6.45) is 0.191. The van der Waals surface area contributed by atoms with Crippen LogP contribution in [0.3, 0.4) is 0 Å². The molecule has 168 valence electrons. The highest BCUT2D eigenvalue weighted by Crippen LogP contribution is 2.30. The van der Waals surface area contributed by atoms with Crippen LogP contribution in [0.5, 0.6) is 0 Å². The van der Waals surface area contributed by atoms with Crippen molar-refractivity contribution >= 4 is 16.7 Å². The van der Waals surface area contributed by atoms with E-state index >= 15 is 0 Å². The molecular weight excluding hydrogens is 416 g/mol. The Morgan fingerprint density at radius 3 is 2.55 bits per heavy atom. The number of nitrogens with one attached hydrogen (secondary N) is 1. The number of carbonyl (C=O) groups is 1. The Labute approximate surface area is 192 Å². The average molecular weight is 443 g/mol. The lowest BCUT2D eigenvalue weighted by molar-refractivity contribution is -0.146. The molecule has 0 saturated carbocycles. The summed E-state index contributed by atoms with van der Waals surface area (Å²) in [6.45, 7) is 4.89. The summed E-state index contributed by atoms with van der Waals surface area (Å²) in [6, 6.07) is 21.3. The van der Waals surface area contributed by atoms with Gasteiger partial charge < -0.3 is 9.47 Å². The van der Waals surface area contributed by atoms with Crippen LogP contribution in [0.15, 0.2) is 71.5 Å². The van der Waals surface area contributed by atoms with Gasteiger partial charge in [-0.3, -0.25) is 9.59 Å². The van der Waals surface area contributed by atoms with Gasteiger partial charge >= 0.3 is 5.97 Å². The van der Waals surface area contributed by atoms with Gasteiger partial charge in [-0.25, -0.2) is 5.10 Å². The van der Waals surface area contributed by atoms with E-state index in [-0.39, 0.29) is 24.6 Å². The van der Waals surface area contributed by atoms with Crippen LogP contribution in [-0.2, 0) is 27.5 Å². The third-order valence-corrected chi connectivity index (χ3v) is 5.54. The van der Waals surface area contributed by atoms with Crippen molar-refractivity contribution in [3.8, 4) is 11.3 Å². The summed E-state index contributed by atoms with van der Waals surface area (Å²) in [5, 5.41) is 8.38. The lowest BCUT2D eigenvalue weighted by Gasteiger charge is -2.12. The predicted molar refractivity (Wildman–Crippen MR) is 128 cm³/mol. The molecule has 1 N–H and O–H groups in total. The second-order valence-electron chi connectivity index (χ2n) is 8.00. The maximum absolute atomic E-state index is 12.2. The Morgan fingerprint density at radius 1 is 0.909 bits per heavy atom. The van der Waals surface area contributed by atoms with Crippen LogP contribution in [0, 0.1) is 13.8 Å². The number of aromatic amines is 1. The number of benzene rings is 3. The van der Waals surface area contributed by atoms with Gasteiger partial charge in [0.15, 0.2) is 0 Å². The monoisotopic (exact) mass is 442 g/mol. The fourth-order valence-corrected chi connectivity index (χ4v) is 3.76. The number of ether oxygens (including phenoxy) is 2. The highest BCUT2D eigenvalue weighted by molar-refractivity contribution is 5.96. The van der Waals surface area contributed by atoms with E-state index in [1.807, 2.05) is 74.5 Å². The number of H-pyrrole nitrogens is 1. The molecule has 4 aromatic rings. The molecule has 0 aliphatic rings. The van der Waals surface area contributed by atoms with E-state index in [1.165, 1.54) is 0 Å². The van der Waals surface area contributed by atoms with Crippen LogP contribution in [-0.4, -0.2) is 22.8 Å². The van der Waals surface area contributed by atoms with Gasteiger partial charge in [-0.05, 0) is 48.2 Å². The minimum absolute atomic E-state index is 0.158. The molecule has 0 bridgehead atoms. The van der Waals surface area contributed by atoms with E-state index in [0.29, 0.717) is 24.3 Å². The van der Waals surface area contributed by atoms with Crippen LogP contribution in [0.25, 0.3) is 22.0 Å². The molecule has 0 aliphatic heterocycles.